The number of nitrogens with zero attached hydrogens (tertiary/aromatic N) is 2. The van der Waals surface area contributed by atoms with E-state index in [1.807, 2.05) is 14.0 Å². The van der Waals surface area contributed by atoms with Crippen LogP contribution < -0.4 is 0 Å². The van der Waals surface area contributed by atoms with Crippen molar-refractivity contribution in [1.29, 1.82) is 0 Å². The molecule has 1 aromatic carbocycles. The van der Waals surface area contributed by atoms with Crippen LogP contribution in [0.25, 0.3) is 0 Å². The minimum Gasteiger partial charge on any atom is -0.461 e. The van der Waals surface area contributed by atoms with Crippen molar-refractivity contribution in [2.75, 3.05) is 20.7 Å². The minimum atomic E-state index is -2.03. The molecule has 0 unspecified atom stereocenters. The van der Waals surface area contributed by atoms with Gasteiger partial charge in [-0.1, -0.05) is 39.8 Å². The van der Waals surface area contributed by atoms with E-state index < -0.39 is 88.5 Å². The first-order valence-electron chi connectivity index (χ1n) is 20.0. The van der Waals surface area contributed by atoms with E-state index in [-0.39, 0.29) is 42.9 Å². The van der Waals surface area contributed by atoms with Crippen LogP contribution in [0.15, 0.2) is 24.3 Å². The number of nitro groups is 1. The van der Waals surface area contributed by atoms with Gasteiger partial charge in [0.2, 0.25) is 0 Å². The highest BCUT2D eigenvalue weighted by Crippen LogP contribution is 2.40. The van der Waals surface area contributed by atoms with Gasteiger partial charge in [0, 0.05) is 49.6 Å². The van der Waals surface area contributed by atoms with Crippen LogP contribution in [0.4, 0.5) is 5.69 Å². The molecule has 3 N–H and O–H groups in total. The zero-order valence-electron chi connectivity index (χ0n) is 34.6. The van der Waals surface area contributed by atoms with E-state index in [0.717, 1.165) is 19.4 Å². The zero-order valence-corrected chi connectivity index (χ0v) is 34.6. The molecule has 4 rings (SSSR count). The van der Waals surface area contributed by atoms with Crippen LogP contribution in [-0.4, -0.2) is 124 Å². The summed E-state index contributed by atoms with van der Waals surface area (Å²) in [7, 11) is 3.43. The molecule has 1 aliphatic carbocycles. The van der Waals surface area contributed by atoms with Gasteiger partial charge in [-0.2, -0.15) is 0 Å². The molecular weight excluding hydrogens is 728 g/mol. The topological polar surface area (TPSA) is 204 Å². The van der Waals surface area contributed by atoms with E-state index in [4.69, 9.17) is 23.7 Å². The number of aliphatic hydroxyl groups is 3. The molecule has 0 bridgehead atoms. The fraction of sp³-hybridized carbons (Fsp3) is 0.780. The Morgan fingerprint density at radius 1 is 1.05 bits per heavy atom. The highest BCUT2D eigenvalue weighted by Gasteiger charge is 2.53. The van der Waals surface area contributed by atoms with Crippen LogP contribution in [-0.2, 0) is 44.5 Å². The SMILES string of the molecule is CC[C@H]1OC(=O)[C@H](C)[C@@H](OC(=O)Cc2ccc([N+](=O)[O-])cc2)[C@H](C)[C@@H](O[C@@H]2O[C@H](C)C[C@H](N(C)CC3CC3)[C@H]2O)[C@](C)(OC)C[C@@H](C)C(=O)[C@H](C)[C@@H](O)[C@]1(C)O. The van der Waals surface area contributed by atoms with Crippen LogP contribution in [0.3, 0.4) is 0 Å². The number of cyclic esters (lactones) is 1. The fourth-order valence-electron chi connectivity index (χ4n) is 8.65. The van der Waals surface area contributed by atoms with E-state index in [1.165, 1.54) is 52.1 Å². The summed E-state index contributed by atoms with van der Waals surface area (Å²) in [6.07, 6.45) is -5.07. The largest absolute Gasteiger partial charge is 0.461 e. The van der Waals surface area contributed by atoms with Gasteiger partial charge in [-0.3, -0.25) is 24.5 Å². The number of nitro benzene ring substituents is 1. The molecule has 0 amide bonds. The zero-order chi connectivity index (χ0) is 41.9. The number of ether oxygens (including phenoxy) is 5. The van der Waals surface area contributed by atoms with Crippen molar-refractivity contribution in [1.82, 2.24) is 4.90 Å². The number of ketones is 1. The smallest absolute Gasteiger partial charge is 0.312 e. The van der Waals surface area contributed by atoms with Crippen LogP contribution in [0, 0.1) is 39.7 Å². The Balaban J connectivity index is 1.79. The van der Waals surface area contributed by atoms with Crippen LogP contribution in [0.1, 0.15) is 93.1 Å². The lowest BCUT2D eigenvalue weighted by atomic mass is 9.74. The van der Waals surface area contributed by atoms with Gasteiger partial charge >= 0.3 is 11.9 Å². The average molecular weight is 793 g/mol. The molecule has 0 radical (unpaired) electrons. The predicted octanol–water partition coefficient (Wildman–Crippen LogP) is 4.00. The first-order valence-corrected chi connectivity index (χ1v) is 20.0. The Bertz CT molecular complexity index is 1520. The number of hydrogen-bond acceptors (Lipinski definition) is 14. The van der Waals surface area contributed by atoms with Crippen LogP contribution in [0.5, 0.6) is 0 Å². The third-order valence-corrected chi connectivity index (χ3v) is 12.4. The molecule has 15 heteroatoms. The predicted molar refractivity (Wildman–Crippen MR) is 204 cm³/mol. The second-order valence-corrected chi connectivity index (χ2v) is 17.1. The standard InChI is InChI=1S/C41H64N2O13/c1-11-31-41(8,49)36(47)24(4)33(45)22(2)20-40(7,52-10)37(56-39-34(46)30(18-23(3)53-39)42(9)21-28-12-13-28)25(5)35(26(6)38(48)54-31)55-32(44)19-27-14-16-29(17-15-27)43(50)51/h14-17,22-26,28,30-31,34-37,39,46-47,49H,11-13,18-21H2,1-10H3/t22-,23-,24+,25+,26-,30+,31-,34-,35+,36-,37-,39+,40-,41-/m1/s1. The first-order chi connectivity index (χ1) is 26.1. The molecule has 2 saturated heterocycles. The molecule has 14 atom stereocenters. The Morgan fingerprint density at radius 3 is 2.23 bits per heavy atom. The number of carbonyl (C=O) groups excluding carboxylic acids is 3. The summed E-state index contributed by atoms with van der Waals surface area (Å²) in [6, 6.07) is 5.15. The van der Waals surface area contributed by atoms with Crippen LogP contribution >= 0.6 is 0 Å². The van der Waals surface area contributed by atoms with Gasteiger partial charge in [-0.25, -0.2) is 0 Å². The summed E-state index contributed by atoms with van der Waals surface area (Å²) >= 11 is 0. The molecule has 2 heterocycles. The number of Topliss-reactive ketones (excluding diaryl/α,β-unsaturated/α-hetero) is 1. The Morgan fingerprint density at radius 2 is 1.68 bits per heavy atom. The maximum absolute atomic E-state index is 14.1. The molecule has 3 aliphatic rings. The fourth-order valence-corrected chi connectivity index (χ4v) is 8.65. The van der Waals surface area contributed by atoms with E-state index in [2.05, 4.69) is 4.90 Å². The molecule has 1 aromatic rings. The maximum atomic E-state index is 14.1. The highest BCUT2D eigenvalue weighted by atomic mass is 16.7. The van der Waals surface area contributed by atoms with Crippen molar-refractivity contribution in [3.05, 3.63) is 39.9 Å². The summed E-state index contributed by atoms with van der Waals surface area (Å²) in [5.41, 5.74) is -3.08. The van der Waals surface area contributed by atoms with E-state index in [1.54, 1.807) is 27.7 Å². The second kappa shape index (κ2) is 18.7. The van der Waals surface area contributed by atoms with E-state index in [9.17, 15) is 39.8 Å². The molecule has 56 heavy (non-hydrogen) atoms. The molecular formula is C41H64N2O13. The van der Waals surface area contributed by atoms with Crippen molar-refractivity contribution in [2.45, 2.75) is 154 Å². The summed E-state index contributed by atoms with van der Waals surface area (Å²) < 4.78 is 31.3. The molecule has 0 aromatic heterocycles. The number of aliphatic hydroxyl groups excluding tert-OH is 2. The van der Waals surface area contributed by atoms with Gasteiger partial charge in [0.1, 0.15) is 29.7 Å². The molecule has 3 fully saturated rings. The van der Waals surface area contributed by atoms with Gasteiger partial charge in [-0.15, -0.1) is 0 Å². The molecule has 1 saturated carbocycles. The second-order valence-electron chi connectivity index (χ2n) is 17.1. The Kier molecular flexibility index (Phi) is 15.2. The van der Waals surface area contributed by atoms with Gasteiger partial charge in [0.05, 0.1) is 41.2 Å². The van der Waals surface area contributed by atoms with Gasteiger partial charge in [-0.05, 0) is 78.3 Å². The lowest BCUT2D eigenvalue weighted by molar-refractivity contribution is -0.384. The summed E-state index contributed by atoms with van der Waals surface area (Å²) in [5.74, 6) is -5.25. The number of carbonyl (C=O) groups is 3. The Labute approximate surface area is 330 Å². The van der Waals surface area contributed by atoms with Crippen molar-refractivity contribution in [3.8, 4) is 0 Å². The van der Waals surface area contributed by atoms with E-state index in [0.29, 0.717) is 17.9 Å². The number of methoxy groups -OCH3 is 1. The number of rotatable bonds is 11. The van der Waals surface area contributed by atoms with Crippen LogP contribution in [0.2, 0.25) is 0 Å². The third kappa shape index (κ3) is 10.5. The minimum absolute atomic E-state index is 0.0411. The summed E-state index contributed by atoms with van der Waals surface area (Å²) in [5, 5.41) is 46.1. The monoisotopic (exact) mass is 792 g/mol. The molecule has 15 nitrogen and oxygen atoms in total. The van der Waals surface area contributed by atoms with Crippen molar-refractivity contribution in [3.63, 3.8) is 0 Å². The lowest BCUT2D eigenvalue weighted by Crippen LogP contribution is -2.61. The Hall–Kier alpha value is -3.05. The van der Waals surface area contributed by atoms with Gasteiger partial charge in [0.15, 0.2) is 6.29 Å². The molecule has 2 aliphatic heterocycles. The van der Waals surface area contributed by atoms with E-state index >= 15 is 0 Å². The normalized spacial score (nSPS) is 39.1. The van der Waals surface area contributed by atoms with Crippen molar-refractivity contribution >= 4 is 23.4 Å². The highest BCUT2D eigenvalue weighted by molar-refractivity contribution is 5.83. The number of hydrogen-bond donors (Lipinski definition) is 3. The first kappa shape index (κ1) is 45.6. The maximum Gasteiger partial charge on any atom is 0.312 e. The number of benzene rings is 1. The number of non-ortho nitro benzene ring substituents is 1. The van der Waals surface area contributed by atoms with Gasteiger partial charge < -0.3 is 43.9 Å². The summed E-state index contributed by atoms with van der Waals surface area (Å²) in [6.45, 7) is 13.9. The van der Waals surface area contributed by atoms with Crippen molar-refractivity contribution < 1.29 is 58.3 Å². The lowest BCUT2D eigenvalue weighted by Gasteiger charge is -2.48. The molecule has 316 valence electrons. The van der Waals surface area contributed by atoms with Crippen molar-refractivity contribution in [2.24, 2.45) is 29.6 Å². The number of esters is 2. The average Bonchev–Trinajstić information content (AvgIpc) is 3.97. The third-order valence-electron chi connectivity index (χ3n) is 12.4. The van der Waals surface area contributed by atoms with Gasteiger partial charge in [0.25, 0.3) is 5.69 Å². The quantitative estimate of drug-likeness (QED) is 0.165. The molecule has 0 spiro atoms. The summed E-state index contributed by atoms with van der Waals surface area (Å²) in [4.78, 5) is 54.6. The number of likely N-dealkylation sites (N-methyl/N-ethyl adjacent to an activating group) is 1.